The second kappa shape index (κ2) is 9.51. The van der Waals surface area contributed by atoms with Gasteiger partial charge >= 0.3 is 0 Å². The van der Waals surface area contributed by atoms with Crippen molar-refractivity contribution < 1.29 is 32.2 Å². The van der Waals surface area contributed by atoms with Gasteiger partial charge in [-0.25, -0.2) is 8.42 Å². The Bertz CT molecular complexity index is 1210. The van der Waals surface area contributed by atoms with E-state index in [1.165, 1.54) is 24.6 Å². The third-order valence-electron chi connectivity index (χ3n) is 5.90. The molecule has 34 heavy (non-hydrogen) atoms. The van der Waals surface area contributed by atoms with Gasteiger partial charge in [0.05, 0.1) is 30.7 Å². The highest BCUT2D eigenvalue weighted by atomic mass is 32.2. The van der Waals surface area contributed by atoms with E-state index in [9.17, 15) is 18.0 Å². The first-order chi connectivity index (χ1) is 16.2. The van der Waals surface area contributed by atoms with Gasteiger partial charge in [-0.05, 0) is 31.4 Å². The van der Waals surface area contributed by atoms with Gasteiger partial charge in [0.15, 0.2) is 6.61 Å². The first-order valence-electron chi connectivity index (χ1n) is 10.8. The molecule has 11 heteroatoms. The van der Waals surface area contributed by atoms with Crippen molar-refractivity contribution in [1.29, 1.82) is 0 Å². The summed E-state index contributed by atoms with van der Waals surface area (Å²) in [6, 6.07) is 8.07. The lowest BCUT2D eigenvalue weighted by Crippen LogP contribution is -2.43. The van der Waals surface area contributed by atoms with Crippen molar-refractivity contribution in [2.45, 2.75) is 24.7 Å². The van der Waals surface area contributed by atoms with Crippen LogP contribution in [0.3, 0.4) is 0 Å². The van der Waals surface area contributed by atoms with Crippen LogP contribution in [0.4, 0.5) is 11.4 Å². The van der Waals surface area contributed by atoms with Crippen LogP contribution in [0.15, 0.2) is 35.2 Å². The van der Waals surface area contributed by atoms with Crippen LogP contribution >= 0.6 is 0 Å². The average Bonchev–Trinajstić information content (AvgIpc) is 2.83. The number of sulfonamides is 1. The van der Waals surface area contributed by atoms with Gasteiger partial charge in [-0.1, -0.05) is 0 Å². The van der Waals surface area contributed by atoms with Crippen LogP contribution in [0.25, 0.3) is 0 Å². The Morgan fingerprint density at radius 3 is 2.53 bits per heavy atom. The van der Waals surface area contributed by atoms with Crippen molar-refractivity contribution >= 4 is 33.2 Å². The number of fused-ring (bicyclic) bond motifs is 1. The van der Waals surface area contributed by atoms with E-state index in [-0.39, 0.29) is 29.9 Å². The molecule has 1 unspecified atom stereocenters. The topological polar surface area (TPSA) is 123 Å². The molecule has 0 aromatic heterocycles. The molecule has 1 fully saturated rings. The van der Waals surface area contributed by atoms with Crippen molar-refractivity contribution in [3.8, 4) is 17.2 Å². The van der Waals surface area contributed by atoms with E-state index in [0.29, 0.717) is 53.6 Å². The van der Waals surface area contributed by atoms with Crippen LogP contribution < -0.4 is 24.8 Å². The van der Waals surface area contributed by atoms with Gasteiger partial charge in [0.25, 0.3) is 5.91 Å². The van der Waals surface area contributed by atoms with Crippen molar-refractivity contribution in [3.05, 3.63) is 35.9 Å². The molecule has 2 aromatic carbocycles. The minimum Gasteiger partial charge on any atom is -0.497 e. The Labute approximate surface area is 198 Å². The minimum atomic E-state index is -3.88. The van der Waals surface area contributed by atoms with E-state index in [1.807, 2.05) is 0 Å². The van der Waals surface area contributed by atoms with Gasteiger partial charge in [0.2, 0.25) is 15.9 Å². The number of aryl methyl sites for hydroxylation is 1. The van der Waals surface area contributed by atoms with E-state index < -0.39 is 15.9 Å². The summed E-state index contributed by atoms with van der Waals surface area (Å²) in [5.74, 6) is 0.285. The molecule has 0 saturated carbocycles. The maximum Gasteiger partial charge on any atom is 0.262 e. The van der Waals surface area contributed by atoms with Gasteiger partial charge in [-0.15, -0.1) is 0 Å². The van der Waals surface area contributed by atoms with E-state index in [2.05, 4.69) is 10.6 Å². The molecule has 4 rings (SSSR count). The van der Waals surface area contributed by atoms with E-state index in [4.69, 9.17) is 14.2 Å². The fraction of sp³-hybridized carbons (Fsp3) is 0.391. The molecule has 0 radical (unpaired) electrons. The van der Waals surface area contributed by atoms with Gasteiger partial charge in [0.1, 0.15) is 17.2 Å². The van der Waals surface area contributed by atoms with Crippen LogP contribution in [-0.4, -0.2) is 58.5 Å². The summed E-state index contributed by atoms with van der Waals surface area (Å²) < 4.78 is 44.2. The molecule has 2 heterocycles. The third-order valence-corrected chi connectivity index (χ3v) is 7.91. The Kier molecular flexibility index (Phi) is 6.67. The highest BCUT2D eigenvalue weighted by Gasteiger charge is 2.35. The summed E-state index contributed by atoms with van der Waals surface area (Å²) >= 11 is 0. The molecule has 0 spiro atoms. The number of amides is 2. The largest absolute Gasteiger partial charge is 0.497 e. The number of hydrogen-bond donors (Lipinski definition) is 2. The molecule has 2 aromatic rings. The zero-order valence-corrected chi connectivity index (χ0v) is 20.0. The van der Waals surface area contributed by atoms with Gasteiger partial charge < -0.3 is 24.8 Å². The lowest BCUT2D eigenvalue weighted by atomic mass is 9.98. The van der Waals surface area contributed by atoms with Crippen LogP contribution in [-0.2, 0) is 19.6 Å². The summed E-state index contributed by atoms with van der Waals surface area (Å²) in [5.41, 5.74) is 1.43. The summed E-state index contributed by atoms with van der Waals surface area (Å²) in [5, 5.41) is 5.53. The summed E-state index contributed by atoms with van der Waals surface area (Å²) in [4.78, 5) is 24.6. The number of carbonyl (C=O) groups is 2. The quantitative estimate of drug-likeness (QED) is 0.639. The number of benzene rings is 2. The molecule has 2 amide bonds. The Balaban J connectivity index is 1.52. The maximum atomic E-state index is 13.5. The first-order valence-corrected chi connectivity index (χ1v) is 12.3. The number of carbonyl (C=O) groups excluding carboxylic acids is 2. The number of piperidine rings is 1. The highest BCUT2D eigenvalue weighted by molar-refractivity contribution is 7.89. The highest BCUT2D eigenvalue weighted by Crippen LogP contribution is 2.35. The van der Waals surface area contributed by atoms with Gasteiger partial charge in [0, 0.05) is 43.0 Å². The lowest BCUT2D eigenvalue weighted by molar-refractivity contribution is -0.121. The molecule has 1 atom stereocenters. The number of hydrogen-bond acceptors (Lipinski definition) is 7. The zero-order chi connectivity index (χ0) is 24.5. The maximum absolute atomic E-state index is 13.5. The summed E-state index contributed by atoms with van der Waals surface area (Å²) in [7, 11) is -0.840. The summed E-state index contributed by atoms with van der Waals surface area (Å²) in [6.07, 6.45) is 1.12. The second-order valence-corrected chi connectivity index (χ2v) is 10.1. The number of rotatable bonds is 6. The monoisotopic (exact) mass is 489 g/mol. The number of anilines is 2. The summed E-state index contributed by atoms with van der Waals surface area (Å²) in [6.45, 7) is 1.87. The SMILES string of the molecule is COc1cc(NC(=O)C2CCCN(S(=O)(=O)c3cc4c(cc3C)NC(=O)CO4)C2)cc(OC)c1. The number of methoxy groups -OCH3 is 2. The van der Waals surface area contributed by atoms with Crippen molar-refractivity contribution in [2.24, 2.45) is 5.92 Å². The van der Waals surface area contributed by atoms with Crippen LogP contribution in [0.5, 0.6) is 17.2 Å². The fourth-order valence-corrected chi connectivity index (χ4v) is 5.88. The fourth-order valence-electron chi connectivity index (χ4n) is 4.13. The lowest BCUT2D eigenvalue weighted by Gasteiger charge is -2.32. The Hall–Kier alpha value is -3.31. The van der Waals surface area contributed by atoms with E-state index in [0.717, 1.165) is 0 Å². The van der Waals surface area contributed by atoms with E-state index in [1.54, 1.807) is 31.2 Å². The molecule has 182 valence electrons. The van der Waals surface area contributed by atoms with Crippen molar-refractivity contribution in [1.82, 2.24) is 4.31 Å². The van der Waals surface area contributed by atoms with Gasteiger partial charge in [-0.2, -0.15) is 4.31 Å². The molecule has 0 bridgehead atoms. The second-order valence-electron chi connectivity index (χ2n) is 8.24. The standard InChI is InChI=1S/C23H27N3O7S/c1-14-7-19-20(33-13-22(27)25-19)11-21(14)34(29,30)26-6-4-5-15(12-26)23(28)24-16-8-17(31-2)10-18(9-16)32-3/h7-11,15H,4-6,12-13H2,1-3H3,(H,24,28)(H,25,27). The minimum absolute atomic E-state index is 0.0589. The molecule has 2 aliphatic heterocycles. The molecule has 0 aliphatic carbocycles. The smallest absolute Gasteiger partial charge is 0.262 e. The zero-order valence-electron chi connectivity index (χ0n) is 19.2. The Morgan fingerprint density at radius 1 is 1.15 bits per heavy atom. The molecule has 10 nitrogen and oxygen atoms in total. The van der Waals surface area contributed by atoms with Crippen LogP contribution in [0, 0.1) is 12.8 Å². The third kappa shape index (κ3) is 4.80. The molecule has 1 saturated heterocycles. The van der Waals surface area contributed by atoms with E-state index >= 15 is 0 Å². The number of ether oxygens (including phenoxy) is 3. The molecule has 2 N–H and O–H groups in total. The Morgan fingerprint density at radius 2 is 1.85 bits per heavy atom. The molecule has 2 aliphatic rings. The molecular formula is C23H27N3O7S. The molecular weight excluding hydrogens is 462 g/mol. The average molecular weight is 490 g/mol. The number of nitrogens with zero attached hydrogens (tertiary/aromatic N) is 1. The van der Waals surface area contributed by atoms with Crippen molar-refractivity contribution in [3.63, 3.8) is 0 Å². The predicted molar refractivity (Wildman–Crippen MR) is 125 cm³/mol. The first kappa shape index (κ1) is 23.8. The van der Waals surface area contributed by atoms with Crippen LogP contribution in [0.1, 0.15) is 18.4 Å². The normalized spacial score (nSPS) is 18.3. The predicted octanol–water partition coefficient (Wildman–Crippen LogP) is 2.38. The number of nitrogens with one attached hydrogen (secondary N) is 2. The van der Waals surface area contributed by atoms with Gasteiger partial charge in [-0.3, -0.25) is 9.59 Å². The van der Waals surface area contributed by atoms with Crippen molar-refractivity contribution in [2.75, 3.05) is 44.5 Å². The van der Waals surface area contributed by atoms with Crippen LogP contribution in [0.2, 0.25) is 0 Å².